The highest BCUT2D eigenvalue weighted by Gasteiger charge is 2.11. The second-order valence-corrected chi connectivity index (χ2v) is 4.15. The average Bonchev–Trinajstić information content (AvgIpc) is 2.66. The number of para-hydroxylation sites is 1. The van der Waals surface area contributed by atoms with E-state index in [1.807, 2.05) is 49.4 Å². The number of hydrogen-bond acceptors (Lipinski definition) is 2. The molecule has 0 unspecified atom stereocenters. The Labute approximate surface area is 99.7 Å². The molecule has 0 aliphatic rings. The molecule has 0 bridgehead atoms. The van der Waals surface area contributed by atoms with Crippen LogP contribution in [0.4, 0.5) is 5.69 Å². The molecule has 3 aromatic rings. The van der Waals surface area contributed by atoms with Crippen LogP contribution < -0.4 is 5.73 Å². The Kier molecular flexibility index (Phi) is 2.15. The third-order valence-corrected chi connectivity index (χ3v) is 2.97. The fraction of sp³-hybridized carbons (Fsp3) is 0.0667. The monoisotopic (exact) mass is 223 g/mol. The lowest BCUT2D eigenvalue weighted by Crippen LogP contribution is -1.84. The molecule has 1 heterocycles. The molecule has 0 amide bonds. The molecule has 0 atom stereocenters. The maximum absolute atomic E-state index is 5.75. The SMILES string of the molecule is Cc1oc2ccccc2c1-c1ccc(N)cc1. The van der Waals surface area contributed by atoms with Crippen molar-refractivity contribution in [3.8, 4) is 11.1 Å². The number of fused-ring (bicyclic) bond motifs is 1. The summed E-state index contributed by atoms with van der Waals surface area (Å²) < 4.78 is 5.75. The van der Waals surface area contributed by atoms with Crippen LogP contribution in [0.5, 0.6) is 0 Å². The van der Waals surface area contributed by atoms with Gasteiger partial charge in [0.25, 0.3) is 0 Å². The van der Waals surface area contributed by atoms with Gasteiger partial charge in [0.05, 0.1) is 0 Å². The van der Waals surface area contributed by atoms with E-state index >= 15 is 0 Å². The van der Waals surface area contributed by atoms with E-state index in [0.29, 0.717) is 0 Å². The Morgan fingerprint density at radius 3 is 2.41 bits per heavy atom. The Bertz CT molecular complexity index is 665. The third-order valence-electron chi connectivity index (χ3n) is 2.97. The molecule has 17 heavy (non-hydrogen) atoms. The van der Waals surface area contributed by atoms with Crippen molar-refractivity contribution in [3.63, 3.8) is 0 Å². The van der Waals surface area contributed by atoms with Crippen LogP contribution in [0, 0.1) is 6.92 Å². The molecule has 84 valence electrons. The number of benzene rings is 2. The van der Waals surface area contributed by atoms with E-state index in [1.54, 1.807) is 0 Å². The van der Waals surface area contributed by atoms with E-state index < -0.39 is 0 Å². The van der Waals surface area contributed by atoms with Crippen molar-refractivity contribution in [2.24, 2.45) is 0 Å². The fourth-order valence-electron chi connectivity index (χ4n) is 2.18. The van der Waals surface area contributed by atoms with Crippen molar-refractivity contribution in [2.75, 3.05) is 5.73 Å². The van der Waals surface area contributed by atoms with Gasteiger partial charge in [0.2, 0.25) is 0 Å². The predicted molar refractivity (Wildman–Crippen MR) is 70.8 cm³/mol. The van der Waals surface area contributed by atoms with Gasteiger partial charge in [-0.3, -0.25) is 0 Å². The molecule has 0 fully saturated rings. The second-order valence-electron chi connectivity index (χ2n) is 4.15. The van der Waals surface area contributed by atoms with Gasteiger partial charge in [-0.15, -0.1) is 0 Å². The Morgan fingerprint density at radius 2 is 1.65 bits per heavy atom. The minimum atomic E-state index is 0.777. The van der Waals surface area contributed by atoms with Gasteiger partial charge in [-0.2, -0.15) is 0 Å². The van der Waals surface area contributed by atoms with Crippen molar-refractivity contribution in [1.82, 2.24) is 0 Å². The average molecular weight is 223 g/mol. The summed E-state index contributed by atoms with van der Waals surface area (Å²) in [6, 6.07) is 16.0. The molecule has 0 spiro atoms. The van der Waals surface area contributed by atoms with E-state index in [4.69, 9.17) is 10.2 Å². The molecule has 0 saturated carbocycles. The predicted octanol–water partition coefficient (Wildman–Crippen LogP) is 3.99. The molecule has 2 aromatic carbocycles. The number of aryl methyl sites for hydroxylation is 1. The zero-order valence-electron chi connectivity index (χ0n) is 9.60. The van der Waals surface area contributed by atoms with Gasteiger partial charge < -0.3 is 10.2 Å². The van der Waals surface area contributed by atoms with Gasteiger partial charge in [0.1, 0.15) is 11.3 Å². The van der Waals surface area contributed by atoms with E-state index in [0.717, 1.165) is 33.5 Å². The van der Waals surface area contributed by atoms with Gasteiger partial charge >= 0.3 is 0 Å². The van der Waals surface area contributed by atoms with Crippen LogP contribution in [0.2, 0.25) is 0 Å². The lowest BCUT2D eigenvalue weighted by molar-refractivity contribution is 0.580. The fourth-order valence-corrected chi connectivity index (χ4v) is 2.18. The highest BCUT2D eigenvalue weighted by Crippen LogP contribution is 2.34. The first-order valence-electron chi connectivity index (χ1n) is 5.60. The number of furan rings is 1. The summed E-state index contributed by atoms with van der Waals surface area (Å²) in [7, 11) is 0. The molecule has 0 saturated heterocycles. The first-order valence-corrected chi connectivity index (χ1v) is 5.60. The lowest BCUT2D eigenvalue weighted by atomic mass is 10.0. The zero-order chi connectivity index (χ0) is 11.8. The molecule has 0 aliphatic carbocycles. The van der Waals surface area contributed by atoms with E-state index in [-0.39, 0.29) is 0 Å². The van der Waals surface area contributed by atoms with Crippen molar-refractivity contribution >= 4 is 16.7 Å². The molecule has 2 heteroatoms. The normalized spacial score (nSPS) is 10.9. The van der Waals surface area contributed by atoms with E-state index in [9.17, 15) is 0 Å². The summed E-state index contributed by atoms with van der Waals surface area (Å²) in [5, 5.41) is 1.15. The van der Waals surface area contributed by atoms with Gasteiger partial charge in [-0.1, -0.05) is 30.3 Å². The molecule has 0 aliphatic heterocycles. The maximum atomic E-state index is 5.75. The highest BCUT2D eigenvalue weighted by atomic mass is 16.3. The van der Waals surface area contributed by atoms with Crippen LogP contribution in [-0.4, -0.2) is 0 Å². The van der Waals surface area contributed by atoms with Gasteiger partial charge in [-0.05, 0) is 30.7 Å². The first kappa shape index (κ1) is 9.97. The Hall–Kier alpha value is -2.22. The standard InChI is InChI=1S/C15H13NO/c1-10-15(11-6-8-12(16)9-7-11)13-4-2-3-5-14(13)17-10/h2-9H,16H2,1H3. The summed E-state index contributed by atoms with van der Waals surface area (Å²) in [6.07, 6.45) is 0. The molecule has 1 aromatic heterocycles. The number of nitrogens with two attached hydrogens (primary N) is 1. The van der Waals surface area contributed by atoms with Gasteiger partial charge in [0, 0.05) is 16.6 Å². The number of nitrogen functional groups attached to an aromatic ring is 1. The summed E-state index contributed by atoms with van der Waals surface area (Å²) in [6.45, 7) is 1.99. The van der Waals surface area contributed by atoms with Crippen molar-refractivity contribution in [1.29, 1.82) is 0 Å². The number of anilines is 1. The summed E-state index contributed by atoms with van der Waals surface area (Å²) in [5.41, 5.74) is 9.71. The van der Waals surface area contributed by atoms with Crippen molar-refractivity contribution in [3.05, 3.63) is 54.3 Å². The first-order chi connectivity index (χ1) is 8.25. The van der Waals surface area contributed by atoms with Crippen LogP contribution in [-0.2, 0) is 0 Å². The molecule has 2 N–H and O–H groups in total. The summed E-state index contributed by atoms with van der Waals surface area (Å²) >= 11 is 0. The zero-order valence-corrected chi connectivity index (χ0v) is 9.60. The smallest absolute Gasteiger partial charge is 0.134 e. The molecule has 2 nitrogen and oxygen atoms in total. The largest absolute Gasteiger partial charge is 0.461 e. The molecule has 3 rings (SSSR count). The van der Waals surface area contributed by atoms with Crippen LogP contribution in [0.25, 0.3) is 22.1 Å². The third kappa shape index (κ3) is 1.58. The minimum absolute atomic E-state index is 0.777. The second kappa shape index (κ2) is 3.67. The Balaban J connectivity index is 2.29. The lowest BCUT2D eigenvalue weighted by Gasteiger charge is -2.01. The topological polar surface area (TPSA) is 39.2 Å². The quantitative estimate of drug-likeness (QED) is 0.633. The summed E-state index contributed by atoms with van der Waals surface area (Å²) in [5.74, 6) is 0.941. The van der Waals surface area contributed by atoms with Crippen molar-refractivity contribution in [2.45, 2.75) is 6.92 Å². The molecule has 0 radical (unpaired) electrons. The number of rotatable bonds is 1. The maximum Gasteiger partial charge on any atom is 0.134 e. The van der Waals surface area contributed by atoms with Crippen LogP contribution in [0.3, 0.4) is 0 Å². The van der Waals surface area contributed by atoms with Crippen molar-refractivity contribution < 1.29 is 4.42 Å². The van der Waals surface area contributed by atoms with Gasteiger partial charge in [-0.25, -0.2) is 0 Å². The highest BCUT2D eigenvalue weighted by molar-refractivity contribution is 5.95. The van der Waals surface area contributed by atoms with Gasteiger partial charge in [0.15, 0.2) is 0 Å². The van der Waals surface area contributed by atoms with E-state index in [1.165, 1.54) is 0 Å². The summed E-state index contributed by atoms with van der Waals surface area (Å²) in [4.78, 5) is 0. The van der Waals surface area contributed by atoms with Crippen LogP contribution >= 0.6 is 0 Å². The molecular weight excluding hydrogens is 210 g/mol. The number of hydrogen-bond donors (Lipinski definition) is 1. The van der Waals surface area contributed by atoms with Crippen LogP contribution in [0.15, 0.2) is 52.9 Å². The minimum Gasteiger partial charge on any atom is -0.461 e. The van der Waals surface area contributed by atoms with Crippen LogP contribution in [0.1, 0.15) is 5.76 Å². The van der Waals surface area contributed by atoms with E-state index in [2.05, 4.69) is 6.07 Å². The Morgan fingerprint density at radius 1 is 0.941 bits per heavy atom. The molecular formula is C15H13NO.